The number of rotatable bonds is 2. The van der Waals surface area contributed by atoms with Crippen LogP contribution < -0.4 is 11.1 Å². The van der Waals surface area contributed by atoms with Crippen LogP contribution in [0.3, 0.4) is 0 Å². The number of anilines is 1. The first kappa shape index (κ1) is 16.1. The fourth-order valence-electron chi connectivity index (χ4n) is 5.56. The Kier molecular flexibility index (Phi) is 3.65. The summed E-state index contributed by atoms with van der Waals surface area (Å²) in [5.41, 5.74) is 10.1. The number of hydrogen-bond acceptors (Lipinski definition) is 4. The lowest BCUT2D eigenvalue weighted by Gasteiger charge is -2.29. The van der Waals surface area contributed by atoms with Crippen molar-refractivity contribution in [2.24, 2.45) is 11.7 Å². The van der Waals surface area contributed by atoms with Gasteiger partial charge >= 0.3 is 0 Å². The SMILES string of the molecule is CC1Cc2c(nc3c(Br)cnn3c2N[C@H]2CC[C@H](N)C2)C12CCCC2. The highest BCUT2D eigenvalue weighted by Gasteiger charge is 2.49. The zero-order valence-electron chi connectivity index (χ0n) is 14.8. The highest BCUT2D eigenvalue weighted by atomic mass is 79.9. The van der Waals surface area contributed by atoms with E-state index in [0.29, 0.717) is 18.0 Å². The minimum atomic E-state index is 0.281. The molecule has 1 unspecified atom stereocenters. The van der Waals surface area contributed by atoms with Gasteiger partial charge in [-0.2, -0.15) is 9.61 Å². The number of nitrogens with one attached hydrogen (secondary N) is 1. The molecule has 134 valence electrons. The third kappa shape index (κ3) is 2.29. The Morgan fingerprint density at radius 1 is 1.32 bits per heavy atom. The van der Waals surface area contributed by atoms with E-state index in [-0.39, 0.29) is 5.41 Å². The van der Waals surface area contributed by atoms with Gasteiger partial charge in [0, 0.05) is 23.1 Å². The number of fused-ring (bicyclic) bond motifs is 3. The van der Waals surface area contributed by atoms with Crippen molar-refractivity contribution in [1.29, 1.82) is 0 Å². The highest BCUT2D eigenvalue weighted by Crippen LogP contribution is 2.54. The Labute approximate surface area is 156 Å². The first-order chi connectivity index (χ1) is 12.1. The first-order valence-electron chi connectivity index (χ1n) is 9.67. The van der Waals surface area contributed by atoms with Crippen molar-refractivity contribution in [1.82, 2.24) is 14.6 Å². The molecule has 1 spiro atoms. The molecule has 6 heteroatoms. The molecule has 2 aromatic heterocycles. The first-order valence-corrected chi connectivity index (χ1v) is 10.5. The average molecular weight is 404 g/mol. The van der Waals surface area contributed by atoms with E-state index in [1.54, 1.807) is 0 Å². The Morgan fingerprint density at radius 3 is 2.84 bits per heavy atom. The molecule has 5 nitrogen and oxygen atoms in total. The van der Waals surface area contributed by atoms with Crippen molar-refractivity contribution in [3.05, 3.63) is 21.9 Å². The van der Waals surface area contributed by atoms with Gasteiger partial charge in [-0.25, -0.2) is 4.98 Å². The Morgan fingerprint density at radius 2 is 2.12 bits per heavy atom. The molecular formula is C19H26BrN5. The molecule has 2 heterocycles. The fraction of sp³-hybridized carbons (Fsp3) is 0.684. The average Bonchev–Trinajstić information content (AvgIpc) is 3.34. The number of aromatic nitrogens is 3. The molecule has 3 aliphatic carbocycles. The van der Waals surface area contributed by atoms with Crippen LogP contribution in [0, 0.1) is 5.92 Å². The standard InChI is InChI=1S/C19H26BrN5/c1-11-8-14-16(19(11)6-2-3-7-19)24-18-15(20)10-22-25(18)17(14)23-13-5-4-12(21)9-13/h10-13,23H,2-9,21H2,1H3/t11?,12-,13-/m0/s1. The summed E-state index contributed by atoms with van der Waals surface area (Å²) in [4.78, 5) is 5.14. The zero-order valence-corrected chi connectivity index (χ0v) is 16.3. The maximum Gasteiger partial charge on any atom is 0.171 e. The molecule has 3 aliphatic rings. The summed E-state index contributed by atoms with van der Waals surface area (Å²) in [6, 6.07) is 0.774. The Balaban J connectivity index is 1.67. The van der Waals surface area contributed by atoms with Crippen LogP contribution in [0.15, 0.2) is 10.7 Å². The lowest BCUT2D eigenvalue weighted by Crippen LogP contribution is -2.27. The van der Waals surface area contributed by atoms with E-state index in [4.69, 9.17) is 10.7 Å². The third-order valence-corrected chi connectivity index (χ3v) is 7.50. The molecular weight excluding hydrogens is 378 g/mol. The molecule has 0 amide bonds. The van der Waals surface area contributed by atoms with Crippen molar-refractivity contribution in [3.63, 3.8) is 0 Å². The lowest BCUT2D eigenvalue weighted by molar-refractivity contribution is 0.316. The second kappa shape index (κ2) is 5.68. The van der Waals surface area contributed by atoms with Crippen LogP contribution in [-0.2, 0) is 11.8 Å². The molecule has 0 aliphatic heterocycles. The van der Waals surface area contributed by atoms with Gasteiger partial charge in [0.15, 0.2) is 5.65 Å². The van der Waals surface area contributed by atoms with Crippen molar-refractivity contribution in [3.8, 4) is 0 Å². The molecule has 0 bridgehead atoms. The quantitative estimate of drug-likeness (QED) is 0.799. The van der Waals surface area contributed by atoms with Gasteiger partial charge in [0.2, 0.25) is 0 Å². The van der Waals surface area contributed by atoms with E-state index >= 15 is 0 Å². The minimum absolute atomic E-state index is 0.281. The summed E-state index contributed by atoms with van der Waals surface area (Å²) in [5, 5.41) is 8.42. The molecule has 0 aromatic carbocycles. The maximum atomic E-state index is 6.14. The smallest absolute Gasteiger partial charge is 0.171 e. The molecule has 0 radical (unpaired) electrons. The number of halogens is 1. The van der Waals surface area contributed by atoms with Crippen molar-refractivity contribution in [2.75, 3.05) is 5.32 Å². The van der Waals surface area contributed by atoms with Crippen molar-refractivity contribution in [2.45, 2.75) is 75.8 Å². The molecule has 2 aromatic rings. The fourth-order valence-corrected chi connectivity index (χ4v) is 5.91. The summed E-state index contributed by atoms with van der Waals surface area (Å²) in [7, 11) is 0. The van der Waals surface area contributed by atoms with Crippen LogP contribution in [0.5, 0.6) is 0 Å². The highest BCUT2D eigenvalue weighted by molar-refractivity contribution is 9.10. The van der Waals surface area contributed by atoms with Gasteiger partial charge in [-0.1, -0.05) is 19.8 Å². The predicted molar refractivity (Wildman–Crippen MR) is 103 cm³/mol. The number of nitrogens with two attached hydrogens (primary N) is 1. The van der Waals surface area contributed by atoms with E-state index in [2.05, 4.69) is 33.3 Å². The monoisotopic (exact) mass is 403 g/mol. The van der Waals surface area contributed by atoms with Crippen LogP contribution >= 0.6 is 15.9 Å². The second-order valence-corrected chi connectivity index (χ2v) is 9.25. The summed E-state index contributed by atoms with van der Waals surface area (Å²) in [5.74, 6) is 1.83. The normalized spacial score (nSPS) is 30.4. The summed E-state index contributed by atoms with van der Waals surface area (Å²) in [6.45, 7) is 2.42. The van der Waals surface area contributed by atoms with Crippen molar-refractivity contribution >= 4 is 27.4 Å². The van der Waals surface area contributed by atoms with Gasteiger partial charge in [0.25, 0.3) is 0 Å². The van der Waals surface area contributed by atoms with E-state index in [1.807, 2.05) is 10.7 Å². The molecule has 5 rings (SSSR count). The molecule has 3 atom stereocenters. The van der Waals surface area contributed by atoms with Gasteiger partial charge in [-0.3, -0.25) is 0 Å². The second-order valence-electron chi connectivity index (χ2n) is 8.40. The largest absolute Gasteiger partial charge is 0.367 e. The van der Waals surface area contributed by atoms with E-state index in [0.717, 1.165) is 35.8 Å². The summed E-state index contributed by atoms with van der Waals surface area (Å²) < 4.78 is 2.99. The molecule has 2 saturated carbocycles. The lowest BCUT2D eigenvalue weighted by atomic mass is 9.76. The Hall–Kier alpha value is -1.14. The molecule has 3 N–H and O–H groups in total. The summed E-state index contributed by atoms with van der Waals surface area (Å²) in [6.07, 6.45) is 11.5. The molecule has 0 saturated heterocycles. The van der Waals surface area contributed by atoms with Crippen LogP contribution in [-0.4, -0.2) is 26.7 Å². The van der Waals surface area contributed by atoms with Crippen LogP contribution in [0.1, 0.15) is 63.1 Å². The van der Waals surface area contributed by atoms with Gasteiger partial charge in [-0.15, -0.1) is 0 Å². The van der Waals surface area contributed by atoms with Crippen LogP contribution in [0.4, 0.5) is 5.82 Å². The van der Waals surface area contributed by atoms with Gasteiger partial charge in [0.05, 0.1) is 16.4 Å². The topological polar surface area (TPSA) is 68.2 Å². The van der Waals surface area contributed by atoms with Crippen LogP contribution in [0.25, 0.3) is 5.65 Å². The third-order valence-electron chi connectivity index (χ3n) is 6.94. The Bertz CT molecular complexity index is 823. The molecule has 25 heavy (non-hydrogen) atoms. The number of hydrogen-bond donors (Lipinski definition) is 2. The molecule has 2 fully saturated rings. The van der Waals surface area contributed by atoms with E-state index in [1.165, 1.54) is 42.8 Å². The minimum Gasteiger partial charge on any atom is -0.367 e. The van der Waals surface area contributed by atoms with Gasteiger partial charge < -0.3 is 11.1 Å². The van der Waals surface area contributed by atoms with Gasteiger partial charge in [0.1, 0.15) is 5.82 Å². The number of nitrogens with zero attached hydrogens (tertiary/aromatic N) is 3. The van der Waals surface area contributed by atoms with Gasteiger partial charge in [-0.05, 0) is 60.4 Å². The van der Waals surface area contributed by atoms with E-state index < -0.39 is 0 Å². The summed E-state index contributed by atoms with van der Waals surface area (Å²) >= 11 is 3.65. The maximum absolute atomic E-state index is 6.14. The zero-order chi connectivity index (χ0) is 17.2. The van der Waals surface area contributed by atoms with Crippen LogP contribution in [0.2, 0.25) is 0 Å². The predicted octanol–water partition coefficient (Wildman–Crippen LogP) is 3.79. The van der Waals surface area contributed by atoms with E-state index in [9.17, 15) is 0 Å². The van der Waals surface area contributed by atoms with Crippen molar-refractivity contribution < 1.29 is 0 Å².